The maximum absolute atomic E-state index is 11.2. The number of piperazine rings is 1. The van der Waals surface area contributed by atoms with Crippen LogP contribution in [0, 0.1) is 0 Å². The van der Waals surface area contributed by atoms with Crippen LogP contribution in [-0.4, -0.2) is 46.0 Å². The predicted molar refractivity (Wildman–Crippen MR) is 69.9 cm³/mol. The van der Waals surface area contributed by atoms with Crippen molar-refractivity contribution in [2.45, 2.75) is 0 Å². The van der Waals surface area contributed by atoms with E-state index in [1.54, 1.807) is 7.11 Å². The van der Waals surface area contributed by atoms with E-state index in [4.69, 9.17) is 9.88 Å². The molecule has 0 radical (unpaired) electrons. The highest BCUT2D eigenvalue weighted by molar-refractivity contribution is 7.86. The molecular formula is C11H17N3O3S. The number of nitrogens with two attached hydrogens (primary N) is 1. The lowest BCUT2D eigenvalue weighted by atomic mass is 10.2. The van der Waals surface area contributed by atoms with Crippen molar-refractivity contribution < 1.29 is 13.2 Å². The minimum Gasteiger partial charge on any atom is -0.495 e. The van der Waals surface area contributed by atoms with Crippen molar-refractivity contribution in [1.82, 2.24) is 4.31 Å². The molecule has 0 saturated carbocycles. The molecule has 1 aliphatic rings. The van der Waals surface area contributed by atoms with Gasteiger partial charge in [-0.15, -0.1) is 0 Å². The zero-order chi connectivity index (χ0) is 13.2. The summed E-state index contributed by atoms with van der Waals surface area (Å²) in [4.78, 5) is 2.10. The first kappa shape index (κ1) is 13.1. The van der Waals surface area contributed by atoms with Crippen molar-refractivity contribution >= 4 is 15.9 Å². The zero-order valence-corrected chi connectivity index (χ0v) is 11.1. The summed E-state index contributed by atoms with van der Waals surface area (Å²) >= 11 is 0. The van der Waals surface area contributed by atoms with Gasteiger partial charge in [0, 0.05) is 26.2 Å². The van der Waals surface area contributed by atoms with Crippen LogP contribution in [0.25, 0.3) is 0 Å². The maximum Gasteiger partial charge on any atom is 0.277 e. The molecule has 0 bridgehead atoms. The summed E-state index contributed by atoms with van der Waals surface area (Å²) in [7, 11) is -1.95. The minimum atomic E-state index is -3.57. The van der Waals surface area contributed by atoms with Crippen LogP contribution in [0.2, 0.25) is 0 Å². The molecule has 1 heterocycles. The summed E-state index contributed by atoms with van der Waals surface area (Å²) < 4.78 is 29.0. The van der Waals surface area contributed by atoms with E-state index in [-0.39, 0.29) is 0 Å². The van der Waals surface area contributed by atoms with Crippen LogP contribution in [0.15, 0.2) is 24.3 Å². The number of para-hydroxylation sites is 2. The van der Waals surface area contributed by atoms with Gasteiger partial charge in [-0.1, -0.05) is 12.1 Å². The fourth-order valence-electron chi connectivity index (χ4n) is 2.07. The third-order valence-corrected chi connectivity index (χ3v) is 4.11. The van der Waals surface area contributed by atoms with Crippen molar-refractivity contribution in [1.29, 1.82) is 0 Å². The quantitative estimate of drug-likeness (QED) is 0.841. The summed E-state index contributed by atoms with van der Waals surface area (Å²) in [5, 5.41) is 5.11. The lowest BCUT2D eigenvalue weighted by molar-refractivity contribution is 0.379. The van der Waals surface area contributed by atoms with Crippen molar-refractivity contribution in [2.75, 3.05) is 38.2 Å². The standard InChI is InChI=1S/C11H17N3O3S/c1-17-11-5-3-2-4-10(11)13-6-8-14(9-7-13)18(12,15)16/h2-5H,6-9H2,1H3,(H2,12,15,16). The normalized spacial score (nSPS) is 17.8. The van der Waals surface area contributed by atoms with Gasteiger partial charge in [0.15, 0.2) is 0 Å². The molecule has 2 rings (SSSR count). The lowest BCUT2D eigenvalue weighted by Crippen LogP contribution is -2.50. The molecule has 0 aromatic heterocycles. The van der Waals surface area contributed by atoms with Crippen LogP contribution in [-0.2, 0) is 10.2 Å². The summed E-state index contributed by atoms with van der Waals surface area (Å²) in [5.41, 5.74) is 0.981. The Bertz CT molecular complexity index is 510. The van der Waals surface area contributed by atoms with Crippen LogP contribution in [0.3, 0.4) is 0 Å². The number of hydrogen-bond donors (Lipinski definition) is 1. The van der Waals surface area contributed by atoms with E-state index >= 15 is 0 Å². The smallest absolute Gasteiger partial charge is 0.277 e. The molecular weight excluding hydrogens is 254 g/mol. The van der Waals surface area contributed by atoms with Gasteiger partial charge in [-0.2, -0.15) is 12.7 Å². The molecule has 1 aromatic rings. The highest BCUT2D eigenvalue weighted by Crippen LogP contribution is 2.28. The Morgan fingerprint density at radius 1 is 1.17 bits per heavy atom. The Labute approximate surface area is 107 Å². The average Bonchev–Trinajstić information content (AvgIpc) is 2.38. The molecule has 7 heteroatoms. The molecule has 18 heavy (non-hydrogen) atoms. The maximum atomic E-state index is 11.2. The van der Waals surface area contributed by atoms with E-state index in [0.29, 0.717) is 26.2 Å². The van der Waals surface area contributed by atoms with Crippen LogP contribution in [0.5, 0.6) is 5.75 Å². The number of benzene rings is 1. The molecule has 0 atom stereocenters. The summed E-state index contributed by atoms with van der Waals surface area (Å²) in [5.74, 6) is 0.793. The summed E-state index contributed by atoms with van der Waals surface area (Å²) in [6, 6.07) is 7.69. The summed E-state index contributed by atoms with van der Waals surface area (Å²) in [6.07, 6.45) is 0. The molecule has 0 spiro atoms. The van der Waals surface area contributed by atoms with Gasteiger partial charge in [0.05, 0.1) is 12.8 Å². The van der Waals surface area contributed by atoms with E-state index in [9.17, 15) is 8.42 Å². The largest absolute Gasteiger partial charge is 0.495 e. The van der Waals surface area contributed by atoms with Gasteiger partial charge in [0.1, 0.15) is 5.75 Å². The fraction of sp³-hybridized carbons (Fsp3) is 0.455. The Kier molecular flexibility index (Phi) is 3.74. The van der Waals surface area contributed by atoms with Crippen molar-refractivity contribution in [3.05, 3.63) is 24.3 Å². The van der Waals surface area contributed by atoms with E-state index in [2.05, 4.69) is 4.90 Å². The van der Waals surface area contributed by atoms with E-state index < -0.39 is 10.2 Å². The third kappa shape index (κ3) is 2.74. The van der Waals surface area contributed by atoms with Gasteiger partial charge in [-0.05, 0) is 12.1 Å². The molecule has 1 saturated heterocycles. The molecule has 0 unspecified atom stereocenters. The first-order valence-electron chi connectivity index (χ1n) is 5.68. The molecule has 0 aliphatic carbocycles. The van der Waals surface area contributed by atoms with Gasteiger partial charge in [0.2, 0.25) is 0 Å². The van der Waals surface area contributed by atoms with Crippen molar-refractivity contribution in [3.63, 3.8) is 0 Å². The Morgan fingerprint density at radius 2 is 1.78 bits per heavy atom. The predicted octanol–water partition coefficient (Wildman–Crippen LogP) is 0.0207. The third-order valence-electron chi connectivity index (χ3n) is 3.02. The molecule has 100 valence electrons. The van der Waals surface area contributed by atoms with Gasteiger partial charge < -0.3 is 9.64 Å². The Hall–Kier alpha value is -1.31. The Balaban J connectivity index is 2.10. The minimum absolute atomic E-state index is 0.400. The first-order chi connectivity index (χ1) is 8.52. The number of ether oxygens (including phenoxy) is 1. The number of hydrogen-bond acceptors (Lipinski definition) is 4. The first-order valence-corrected chi connectivity index (χ1v) is 7.18. The average molecular weight is 271 g/mol. The van der Waals surface area contributed by atoms with E-state index in [1.807, 2.05) is 24.3 Å². The molecule has 6 nitrogen and oxygen atoms in total. The van der Waals surface area contributed by atoms with E-state index in [1.165, 1.54) is 4.31 Å². The number of anilines is 1. The molecule has 1 aliphatic heterocycles. The second kappa shape index (κ2) is 5.13. The second-order valence-corrected chi connectivity index (χ2v) is 5.65. The van der Waals surface area contributed by atoms with Crippen LogP contribution in [0.1, 0.15) is 0 Å². The molecule has 1 fully saturated rings. The second-order valence-electron chi connectivity index (χ2n) is 4.10. The van der Waals surface area contributed by atoms with Gasteiger partial charge in [-0.3, -0.25) is 0 Å². The number of methoxy groups -OCH3 is 1. The van der Waals surface area contributed by atoms with Crippen molar-refractivity contribution in [3.8, 4) is 5.75 Å². The molecule has 0 amide bonds. The van der Waals surface area contributed by atoms with Crippen molar-refractivity contribution in [2.24, 2.45) is 5.14 Å². The summed E-state index contributed by atoms with van der Waals surface area (Å²) in [6.45, 7) is 2.02. The van der Waals surface area contributed by atoms with Crippen LogP contribution in [0.4, 0.5) is 5.69 Å². The van der Waals surface area contributed by atoms with Gasteiger partial charge in [0.25, 0.3) is 10.2 Å². The van der Waals surface area contributed by atoms with Gasteiger partial charge >= 0.3 is 0 Å². The number of rotatable bonds is 3. The fourth-order valence-corrected chi connectivity index (χ4v) is 2.75. The van der Waals surface area contributed by atoms with Crippen LogP contribution < -0.4 is 14.8 Å². The Morgan fingerprint density at radius 3 is 2.33 bits per heavy atom. The highest BCUT2D eigenvalue weighted by Gasteiger charge is 2.25. The molecule has 1 aromatic carbocycles. The SMILES string of the molecule is COc1ccccc1N1CCN(S(N)(=O)=O)CC1. The molecule has 2 N–H and O–H groups in total. The van der Waals surface area contributed by atoms with E-state index in [0.717, 1.165) is 11.4 Å². The van der Waals surface area contributed by atoms with Crippen LogP contribution >= 0.6 is 0 Å². The topological polar surface area (TPSA) is 75.9 Å². The van der Waals surface area contributed by atoms with Gasteiger partial charge in [-0.25, -0.2) is 5.14 Å². The highest BCUT2D eigenvalue weighted by atomic mass is 32.2. The number of nitrogens with zero attached hydrogens (tertiary/aromatic N) is 2. The zero-order valence-electron chi connectivity index (χ0n) is 10.2. The lowest BCUT2D eigenvalue weighted by Gasteiger charge is -2.35. The monoisotopic (exact) mass is 271 g/mol.